The molecule has 1 N–H and O–H groups in total. The third-order valence-corrected chi connectivity index (χ3v) is 2.93. The van der Waals surface area contributed by atoms with Crippen molar-refractivity contribution in [3.8, 4) is 0 Å². The zero-order chi connectivity index (χ0) is 10.0. The van der Waals surface area contributed by atoms with Crippen LogP contribution in [0.2, 0.25) is 0 Å². The fraction of sp³-hybridized carbons (Fsp3) is 0.667. The van der Waals surface area contributed by atoms with Crippen molar-refractivity contribution in [3.05, 3.63) is 12.7 Å². The lowest BCUT2D eigenvalue weighted by molar-refractivity contribution is -0.141. The average Bonchev–Trinajstić information content (AvgIpc) is 2.51. The van der Waals surface area contributed by atoms with Crippen molar-refractivity contribution >= 4 is 5.97 Å². The zero-order valence-corrected chi connectivity index (χ0v) is 7.89. The van der Waals surface area contributed by atoms with Crippen LogP contribution in [0.25, 0.3) is 0 Å². The standard InChI is InChI=1S/C9H13N3O2/c13-8(14)4-9(2-1-3-9)5-12-6-10-11-7-12/h6-7H,1-5H2,(H,13,14). The molecule has 1 aliphatic rings. The molecule has 1 heterocycles. The fourth-order valence-electron chi connectivity index (χ4n) is 2.08. The van der Waals surface area contributed by atoms with E-state index in [4.69, 9.17) is 5.11 Å². The number of rotatable bonds is 4. The second-order valence-electron chi connectivity index (χ2n) is 4.06. The van der Waals surface area contributed by atoms with E-state index in [2.05, 4.69) is 10.2 Å². The molecule has 1 fully saturated rings. The number of hydrogen-bond donors (Lipinski definition) is 1. The van der Waals surface area contributed by atoms with Crippen molar-refractivity contribution < 1.29 is 9.90 Å². The smallest absolute Gasteiger partial charge is 0.303 e. The lowest BCUT2D eigenvalue weighted by Gasteiger charge is -2.40. The summed E-state index contributed by atoms with van der Waals surface area (Å²) in [4.78, 5) is 10.7. The van der Waals surface area contributed by atoms with Crippen LogP contribution in [0.3, 0.4) is 0 Å². The Labute approximate surface area is 81.8 Å². The third-order valence-electron chi connectivity index (χ3n) is 2.93. The Morgan fingerprint density at radius 3 is 2.50 bits per heavy atom. The Morgan fingerprint density at radius 1 is 1.43 bits per heavy atom. The first kappa shape index (κ1) is 9.18. The van der Waals surface area contributed by atoms with Gasteiger partial charge in [0.05, 0.1) is 6.42 Å². The topological polar surface area (TPSA) is 68.0 Å². The van der Waals surface area contributed by atoms with Crippen LogP contribution in [0, 0.1) is 5.41 Å². The molecule has 0 amide bonds. The summed E-state index contributed by atoms with van der Waals surface area (Å²) < 4.78 is 1.86. The summed E-state index contributed by atoms with van der Waals surface area (Å²) in [5.41, 5.74) is -0.0474. The number of hydrogen-bond acceptors (Lipinski definition) is 3. The molecule has 2 rings (SSSR count). The summed E-state index contributed by atoms with van der Waals surface area (Å²) in [5, 5.41) is 16.2. The molecule has 0 aliphatic heterocycles. The van der Waals surface area contributed by atoms with Crippen LogP contribution in [0.4, 0.5) is 0 Å². The maximum absolute atomic E-state index is 10.7. The number of carboxylic acid groups (broad SMARTS) is 1. The highest BCUT2D eigenvalue weighted by Gasteiger charge is 2.39. The monoisotopic (exact) mass is 195 g/mol. The molecule has 14 heavy (non-hydrogen) atoms. The van der Waals surface area contributed by atoms with Crippen molar-refractivity contribution in [3.63, 3.8) is 0 Å². The molecular formula is C9H13N3O2. The summed E-state index contributed by atoms with van der Waals surface area (Å²) >= 11 is 0. The molecular weight excluding hydrogens is 182 g/mol. The van der Waals surface area contributed by atoms with Gasteiger partial charge in [-0.1, -0.05) is 6.42 Å². The predicted molar refractivity (Wildman–Crippen MR) is 48.6 cm³/mol. The molecule has 0 atom stereocenters. The maximum Gasteiger partial charge on any atom is 0.303 e. The van der Waals surface area contributed by atoms with Gasteiger partial charge in [-0.2, -0.15) is 0 Å². The van der Waals surface area contributed by atoms with E-state index in [0.29, 0.717) is 0 Å². The SMILES string of the molecule is O=C(O)CC1(Cn2cnnc2)CCC1. The van der Waals surface area contributed by atoms with Gasteiger partial charge in [0, 0.05) is 6.54 Å². The normalized spacial score (nSPS) is 18.9. The highest BCUT2D eigenvalue weighted by molar-refractivity contribution is 5.67. The van der Waals surface area contributed by atoms with E-state index in [-0.39, 0.29) is 11.8 Å². The molecule has 0 bridgehead atoms. The number of carboxylic acids is 1. The van der Waals surface area contributed by atoms with Crippen LogP contribution in [-0.4, -0.2) is 25.8 Å². The summed E-state index contributed by atoms with van der Waals surface area (Å²) in [5.74, 6) is -0.710. The van der Waals surface area contributed by atoms with E-state index in [1.807, 2.05) is 4.57 Å². The summed E-state index contributed by atoms with van der Waals surface area (Å²) in [6, 6.07) is 0. The molecule has 0 saturated heterocycles. The highest BCUT2D eigenvalue weighted by Crippen LogP contribution is 2.45. The Morgan fingerprint density at radius 2 is 2.07 bits per heavy atom. The summed E-state index contributed by atoms with van der Waals surface area (Å²) in [6.45, 7) is 0.728. The van der Waals surface area contributed by atoms with Gasteiger partial charge in [-0.3, -0.25) is 4.79 Å². The Balaban J connectivity index is 2.02. The van der Waals surface area contributed by atoms with Gasteiger partial charge in [0.1, 0.15) is 12.7 Å². The first-order valence-electron chi connectivity index (χ1n) is 4.74. The Bertz CT molecular complexity index is 317. The van der Waals surface area contributed by atoms with Crippen molar-refractivity contribution in [1.82, 2.24) is 14.8 Å². The minimum atomic E-state index is -0.710. The van der Waals surface area contributed by atoms with Gasteiger partial charge in [-0.05, 0) is 18.3 Å². The van der Waals surface area contributed by atoms with Gasteiger partial charge in [-0.25, -0.2) is 0 Å². The van der Waals surface area contributed by atoms with Gasteiger partial charge in [0.15, 0.2) is 0 Å². The summed E-state index contributed by atoms with van der Waals surface area (Å²) in [7, 11) is 0. The first-order valence-corrected chi connectivity index (χ1v) is 4.74. The minimum absolute atomic E-state index is 0.0474. The van der Waals surface area contributed by atoms with E-state index >= 15 is 0 Å². The van der Waals surface area contributed by atoms with Crippen molar-refractivity contribution in [2.75, 3.05) is 0 Å². The predicted octanol–water partition coefficient (Wildman–Crippen LogP) is 0.923. The van der Waals surface area contributed by atoms with E-state index in [0.717, 1.165) is 25.8 Å². The quantitative estimate of drug-likeness (QED) is 0.775. The fourth-order valence-corrected chi connectivity index (χ4v) is 2.08. The van der Waals surface area contributed by atoms with Crippen LogP contribution in [0.15, 0.2) is 12.7 Å². The van der Waals surface area contributed by atoms with E-state index < -0.39 is 5.97 Å². The highest BCUT2D eigenvalue weighted by atomic mass is 16.4. The molecule has 1 aromatic rings. The largest absolute Gasteiger partial charge is 0.481 e. The second kappa shape index (κ2) is 3.40. The van der Waals surface area contributed by atoms with Crippen molar-refractivity contribution in [2.24, 2.45) is 5.41 Å². The van der Waals surface area contributed by atoms with Crippen molar-refractivity contribution in [1.29, 1.82) is 0 Å². The number of aromatic nitrogens is 3. The molecule has 0 spiro atoms. The van der Waals surface area contributed by atoms with Gasteiger partial charge in [0.25, 0.3) is 0 Å². The van der Waals surface area contributed by atoms with Gasteiger partial charge in [-0.15, -0.1) is 10.2 Å². The average molecular weight is 195 g/mol. The molecule has 76 valence electrons. The molecule has 1 saturated carbocycles. The zero-order valence-electron chi connectivity index (χ0n) is 7.89. The van der Waals surface area contributed by atoms with Crippen LogP contribution in [-0.2, 0) is 11.3 Å². The van der Waals surface area contributed by atoms with E-state index in [1.54, 1.807) is 12.7 Å². The van der Waals surface area contributed by atoms with Gasteiger partial charge in [0.2, 0.25) is 0 Å². The third kappa shape index (κ3) is 1.76. The van der Waals surface area contributed by atoms with Crippen LogP contribution < -0.4 is 0 Å². The maximum atomic E-state index is 10.7. The molecule has 5 heteroatoms. The number of aliphatic carboxylic acids is 1. The number of carbonyl (C=O) groups is 1. The van der Waals surface area contributed by atoms with Crippen molar-refractivity contribution in [2.45, 2.75) is 32.2 Å². The molecule has 1 aliphatic carbocycles. The van der Waals surface area contributed by atoms with Crippen LogP contribution >= 0.6 is 0 Å². The Kier molecular flexibility index (Phi) is 2.23. The minimum Gasteiger partial charge on any atom is -0.481 e. The van der Waals surface area contributed by atoms with E-state index in [9.17, 15) is 4.79 Å². The molecule has 5 nitrogen and oxygen atoms in total. The van der Waals surface area contributed by atoms with Crippen LogP contribution in [0.1, 0.15) is 25.7 Å². The number of nitrogens with zero attached hydrogens (tertiary/aromatic N) is 3. The first-order chi connectivity index (χ1) is 6.70. The van der Waals surface area contributed by atoms with E-state index in [1.165, 1.54) is 0 Å². The van der Waals surface area contributed by atoms with Gasteiger partial charge < -0.3 is 9.67 Å². The summed E-state index contributed by atoms with van der Waals surface area (Å²) in [6.07, 6.45) is 6.67. The van der Waals surface area contributed by atoms with Gasteiger partial charge >= 0.3 is 5.97 Å². The molecule has 1 aromatic heterocycles. The lowest BCUT2D eigenvalue weighted by atomic mass is 9.66. The lowest BCUT2D eigenvalue weighted by Crippen LogP contribution is -2.36. The molecule has 0 aromatic carbocycles. The Hall–Kier alpha value is -1.39. The van der Waals surface area contributed by atoms with Crippen LogP contribution in [0.5, 0.6) is 0 Å². The molecule has 0 unspecified atom stereocenters. The second-order valence-corrected chi connectivity index (χ2v) is 4.06. The molecule has 0 radical (unpaired) electrons.